The van der Waals surface area contributed by atoms with E-state index in [1.54, 1.807) is 30.5 Å². The number of sulfone groups is 1. The Hall–Kier alpha value is -2.78. The van der Waals surface area contributed by atoms with Gasteiger partial charge in [-0.1, -0.05) is 24.3 Å². The number of carbonyl (C=O) groups excluding carboxylic acids is 1. The number of benzene rings is 2. The van der Waals surface area contributed by atoms with Crippen molar-refractivity contribution in [2.45, 2.75) is 66.8 Å². The molecule has 0 radical (unpaired) electrons. The molecule has 3 aromatic rings. The smallest absolute Gasteiger partial charge is 0.304 e. The van der Waals surface area contributed by atoms with E-state index in [-0.39, 0.29) is 27.7 Å². The molecule has 1 saturated heterocycles. The fraction of sp³-hybridized carbons (Fsp3) is 0.448. The molecule has 2 saturated carbocycles. The topological polar surface area (TPSA) is 76.1 Å². The van der Waals surface area contributed by atoms with Crippen LogP contribution in [0.3, 0.4) is 0 Å². The standard InChI is InChI=1S/C29H29F3N2O3S/c30-29(31,32)25-15-22(7-8-23(25)20-6-5-19-2-1-13-33-26(19)14-20)38(36,37)21-9-11-28(12-10-21)16-24(18-3-4-18)27(35)17-34-28/h1-2,5-8,13-15,18,21,24,34H,3-4,9-12,16-17H2. The molecule has 3 aliphatic rings. The molecule has 1 spiro atoms. The van der Waals surface area contributed by atoms with Crippen LogP contribution in [0.5, 0.6) is 0 Å². The van der Waals surface area contributed by atoms with E-state index in [9.17, 15) is 26.4 Å². The molecule has 2 aromatic carbocycles. The van der Waals surface area contributed by atoms with Crippen LogP contribution in [-0.4, -0.2) is 36.5 Å². The van der Waals surface area contributed by atoms with Gasteiger partial charge in [0.15, 0.2) is 9.84 Å². The number of pyridine rings is 1. The third kappa shape index (κ3) is 4.64. The van der Waals surface area contributed by atoms with Crippen molar-refractivity contribution in [2.24, 2.45) is 11.8 Å². The van der Waals surface area contributed by atoms with Crippen LogP contribution in [0.4, 0.5) is 13.2 Å². The van der Waals surface area contributed by atoms with Crippen molar-refractivity contribution >= 4 is 26.5 Å². The number of carbonyl (C=O) groups is 1. The fourth-order valence-electron chi connectivity index (χ4n) is 6.39. The molecule has 5 nitrogen and oxygen atoms in total. The van der Waals surface area contributed by atoms with E-state index in [1.807, 2.05) is 6.07 Å². The van der Waals surface area contributed by atoms with Crippen molar-refractivity contribution in [2.75, 3.05) is 6.54 Å². The van der Waals surface area contributed by atoms with E-state index >= 15 is 0 Å². The third-order valence-electron chi connectivity index (χ3n) is 8.72. The second-order valence-electron chi connectivity index (χ2n) is 11.1. The van der Waals surface area contributed by atoms with Crippen molar-refractivity contribution in [1.82, 2.24) is 10.3 Å². The number of hydrogen-bond donors (Lipinski definition) is 1. The van der Waals surface area contributed by atoms with Crippen LogP contribution < -0.4 is 5.32 Å². The number of halogens is 3. The molecule has 2 heterocycles. The number of ketones is 1. The Kier molecular flexibility index (Phi) is 6.14. The zero-order chi connectivity index (χ0) is 26.7. The molecular formula is C29H29F3N2O3S. The van der Waals surface area contributed by atoms with Gasteiger partial charge in [0, 0.05) is 23.0 Å². The molecule has 38 heavy (non-hydrogen) atoms. The van der Waals surface area contributed by atoms with Gasteiger partial charge in [0.05, 0.1) is 27.8 Å². The lowest BCUT2D eigenvalue weighted by atomic mass is 9.71. The summed E-state index contributed by atoms with van der Waals surface area (Å²) in [7, 11) is -3.97. The molecule has 6 rings (SSSR count). The molecule has 2 aliphatic carbocycles. The summed E-state index contributed by atoms with van der Waals surface area (Å²) in [5.74, 6) is 0.757. The number of piperidine rings is 1. The lowest BCUT2D eigenvalue weighted by molar-refractivity contribution is -0.137. The number of nitrogens with zero attached hydrogens (tertiary/aromatic N) is 1. The first-order valence-electron chi connectivity index (χ1n) is 13.1. The van der Waals surface area contributed by atoms with Crippen molar-refractivity contribution in [3.8, 4) is 11.1 Å². The largest absolute Gasteiger partial charge is 0.417 e. The number of Topliss-reactive ketones (excluding diaryl/α,β-unsaturated/α-hetero) is 1. The maximum atomic E-state index is 14.2. The second-order valence-corrected chi connectivity index (χ2v) is 13.3. The van der Waals surface area contributed by atoms with Gasteiger partial charge in [-0.25, -0.2) is 8.42 Å². The van der Waals surface area contributed by atoms with Gasteiger partial charge in [-0.05, 0) is 86.3 Å². The zero-order valence-corrected chi connectivity index (χ0v) is 21.6. The Bertz CT molecular complexity index is 1510. The minimum atomic E-state index is -4.73. The zero-order valence-electron chi connectivity index (χ0n) is 20.8. The summed E-state index contributed by atoms with van der Waals surface area (Å²) in [6, 6.07) is 11.8. The molecule has 1 aromatic heterocycles. The van der Waals surface area contributed by atoms with E-state index in [0.717, 1.165) is 30.7 Å². The number of hydrogen-bond acceptors (Lipinski definition) is 5. The first-order valence-corrected chi connectivity index (χ1v) is 14.7. The molecule has 1 unspecified atom stereocenters. The van der Waals surface area contributed by atoms with Crippen LogP contribution in [0.1, 0.15) is 50.5 Å². The van der Waals surface area contributed by atoms with E-state index in [1.165, 1.54) is 12.1 Å². The first kappa shape index (κ1) is 25.5. The van der Waals surface area contributed by atoms with Crippen LogP contribution in [0.15, 0.2) is 59.6 Å². The Morgan fingerprint density at radius 3 is 2.45 bits per heavy atom. The Morgan fingerprint density at radius 2 is 1.74 bits per heavy atom. The molecule has 3 fully saturated rings. The highest BCUT2D eigenvalue weighted by atomic mass is 32.2. The second kappa shape index (κ2) is 9.16. The van der Waals surface area contributed by atoms with Crippen LogP contribution in [0, 0.1) is 11.8 Å². The van der Waals surface area contributed by atoms with Crippen LogP contribution in [0.2, 0.25) is 0 Å². The Labute approximate surface area is 219 Å². The predicted octanol–water partition coefficient (Wildman–Crippen LogP) is 5.96. The number of alkyl halides is 3. The normalized spacial score (nSPS) is 26.7. The molecule has 0 bridgehead atoms. The van der Waals surface area contributed by atoms with Gasteiger partial charge >= 0.3 is 6.18 Å². The molecule has 9 heteroatoms. The predicted molar refractivity (Wildman–Crippen MR) is 138 cm³/mol. The van der Waals surface area contributed by atoms with E-state index in [4.69, 9.17) is 0 Å². The highest BCUT2D eigenvalue weighted by Gasteiger charge is 2.48. The van der Waals surface area contributed by atoms with Gasteiger partial charge < -0.3 is 5.32 Å². The van der Waals surface area contributed by atoms with Crippen LogP contribution in [-0.2, 0) is 20.8 Å². The summed E-state index contributed by atoms with van der Waals surface area (Å²) in [5.41, 5.74) is -0.407. The van der Waals surface area contributed by atoms with Gasteiger partial charge in [0.25, 0.3) is 0 Å². The van der Waals surface area contributed by atoms with E-state index in [2.05, 4.69) is 10.3 Å². The maximum absolute atomic E-state index is 14.2. The summed E-state index contributed by atoms with van der Waals surface area (Å²) < 4.78 is 69.7. The number of fused-ring (bicyclic) bond motifs is 1. The molecule has 1 aliphatic heterocycles. The molecule has 1 atom stereocenters. The van der Waals surface area contributed by atoms with Crippen molar-refractivity contribution in [1.29, 1.82) is 0 Å². The van der Waals surface area contributed by atoms with E-state index in [0.29, 0.717) is 49.2 Å². The minimum absolute atomic E-state index is 0.0524. The highest BCUT2D eigenvalue weighted by molar-refractivity contribution is 7.92. The molecule has 0 amide bonds. The lowest BCUT2D eigenvalue weighted by Gasteiger charge is -2.45. The van der Waals surface area contributed by atoms with Gasteiger partial charge in [0.2, 0.25) is 0 Å². The maximum Gasteiger partial charge on any atom is 0.417 e. The van der Waals surface area contributed by atoms with Gasteiger partial charge in [-0.15, -0.1) is 0 Å². The SMILES string of the molecule is O=C1CNC2(CCC(S(=O)(=O)c3ccc(-c4ccc5cccnc5c4)c(C(F)(F)F)c3)CC2)CC1C1CC1. The summed E-state index contributed by atoms with van der Waals surface area (Å²) in [6.07, 6.45) is 1.66. The Balaban J connectivity index is 1.27. The van der Waals surface area contributed by atoms with Crippen molar-refractivity contribution in [3.05, 3.63) is 60.3 Å². The van der Waals surface area contributed by atoms with Gasteiger partial charge in [0.1, 0.15) is 5.78 Å². The van der Waals surface area contributed by atoms with Crippen molar-refractivity contribution in [3.63, 3.8) is 0 Å². The van der Waals surface area contributed by atoms with Crippen LogP contribution in [0.25, 0.3) is 22.0 Å². The summed E-state index contributed by atoms with van der Waals surface area (Å²) in [5, 5.41) is 3.44. The van der Waals surface area contributed by atoms with Gasteiger partial charge in [-0.2, -0.15) is 13.2 Å². The summed E-state index contributed by atoms with van der Waals surface area (Å²) >= 11 is 0. The lowest BCUT2D eigenvalue weighted by Crippen LogP contribution is -2.57. The average molecular weight is 543 g/mol. The fourth-order valence-corrected chi connectivity index (χ4v) is 8.17. The van der Waals surface area contributed by atoms with Gasteiger partial charge in [-0.3, -0.25) is 9.78 Å². The quantitative estimate of drug-likeness (QED) is 0.440. The number of aromatic nitrogens is 1. The third-order valence-corrected chi connectivity index (χ3v) is 11.0. The van der Waals surface area contributed by atoms with Crippen molar-refractivity contribution < 1.29 is 26.4 Å². The molecule has 1 N–H and O–H groups in total. The minimum Gasteiger partial charge on any atom is -0.304 e. The summed E-state index contributed by atoms with van der Waals surface area (Å²) in [4.78, 5) is 16.3. The van der Waals surface area contributed by atoms with Crippen LogP contribution >= 0.6 is 0 Å². The summed E-state index contributed by atoms with van der Waals surface area (Å²) in [6.45, 7) is 0.319. The Morgan fingerprint density at radius 1 is 0.974 bits per heavy atom. The first-order chi connectivity index (χ1) is 18.1. The molecular weight excluding hydrogens is 513 g/mol. The molecule has 200 valence electrons. The monoisotopic (exact) mass is 542 g/mol. The average Bonchev–Trinajstić information content (AvgIpc) is 3.75. The highest BCUT2D eigenvalue weighted by Crippen LogP contribution is 2.47. The number of nitrogens with one attached hydrogen (secondary N) is 1. The number of rotatable bonds is 4. The van der Waals surface area contributed by atoms with E-state index < -0.39 is 26.8 Å².